The standard InChI is InChI=1S/C13H19FN2O3S/c1-15-5-2-6-16(8-7-15)20(18,19)12-3-4-13(14)11(9-12)10-17/h3-4,9,17H,2,5-8,10H2,1H3. The van der Waals surface area contributed by atoms with Crippen LogP contribution in [0.3, 0.4) is 0 Å². The van der Waals surface area contributed by atoms with Gasteiger partial charge in [0.25, 0.3) is 0 Å². The molecule has 1 N–H and O–H groups in total. The molecule has 0 amide bonds. The summed E-state index contributed by atoms with van der Waals surface area (Å²) in [6.07, 6.45) is 0.768. The molecule has 0 spiro atoms. The smallest absolute Gasteiger partial charge is 0.243 e. The maximum atomic E-state index is 13.3. The van der Waals surface area contributed by atoms with E-state index < -0.39 is 22.4 Å². The molecule has 1 fully saturated rings. The van der Waals surface area contributed by atoms with Gasteiger partial charge < -0.3 is 10.0 Å². The van der Waals surface area contributed by atoms with Gasteiger partial charge in [0.05, 0.1) is 11.5 Å². The van der Waals surface area contributed by atoms with Gasteiger partial charge in [-0.25, -0.2) is 12.8 Å². The number of sulfonamides is 1. The minimum Gasteiger partial charge on any atom is -0.392 e. The van der Waals surface area contributed by atoms with E-state index in [0.717, 1.165) is 19.0 Å². The molecule has 1 aliphatic heterocycles. The Labute approximate surface area is 118 Å². The summed E-state index contributed by atoms with van der Waals surface area (Å²) in [5, 5.41) is 9.04. The zero-order valence-electron chi connectivity index (χ0n) is 11.4. The lowest BCUT2D eigenvalue weighted by Gasteiger charge is -2.20. The Bertz CT molecular complexity index is 577. The summed E-state index contributed by atoms with van der Waals surface area (Å²) in [7, 11) is -1.67. The predicted molar refractivity (Wildman–Crippen MR) is 73.2 cm³/mol. The number of hydrogen-bond acceptors (Lipinski definition) is 4. The number of hydrogen-bond donors (Lipinski definition) is 1. The van der Waals surface area contributed by atoms with Gasteiger partial charge >= 0.3 is 0 Å². The van der Waals surface area contributed by atoms with Gasteiger partial charge in [0.1, 0.15) is 5.82 Å². The Hall–Kier alpha value is -1.02. The molecule has 0 atom stereocenters. The molecule has 112 valence electrons. The van der Waals surface area contributed by atoms with E-state index in [-0.39, 0.29) is 10.5 Å². The van der Waals surface area contributed by atoms with Gasteiger partial charge in [0.15, 0.2) is 0 Å². The third-order valence-electron chi connectivity index (χ3n) is 3.50. The highest BCUT2D eigenvalue weighted by Gasteiger charge is 2.26. The van der Waals surface area contributed by atoms with E-state index in [1.165, 1.54) is 16.4 Å². The third-order valence-corrected chi connectivity index (χ3v) is 5.40. The number of nitrogens with zero attached hydrogens (tertiary/aromatic N) is 2. The van der Waals surface area contributed by atoms with E-state index in [1.807, 2.05) is 7.05 Å². The average Bonchev–Trinajstić information content (AvgIpc) is 2.64. The molecule has 1 aromatic carbocycles. The second-order valence-electron chi connectivity index (χ2n) is 4.97. The number of benzene rings is 1. The average molecular weight is 302 g/mol. The van der Waals surface area contributed by atoms with E-state index in [2.05, 4.69) is 4.90 Å². The van der Waals surface area contributed by atoms with Crippen LogP contribution < -0.4 is 0 Å². The van der Waals surface area contributed by atoms with E-state index in [4.69, 9.17) is 5.11 Å². The van der Waals surface area contributed by atoms with Crippen LogP contribution in [0.5, 0.6) is 0 Å². The third kappa shape index (κ3) is 3.17. The van der Waals surface area contributed by atoms with Crippen molar-refractivity contribution in [2.45, 2.75) is 17.9 Å². The van der Waals surface area contributed by atoms with E-state index in [9.17, 15) is 12.8 Å². The molecular formula is C13H19FN2O3S. The van der Waals surface area contributed by atoms with Crippen LogP contribution in [0.25, 0.3) is 0 Å². The van der Waals surface area contributed by atoms with E-state index in [0.29, 0.717) is 19.6 Å². The molecule has 0 aromatic heterocycles. The molecule has 7 heteroatoms. The van der Waals surface area contributed by atoms with Gasteiger partial charge in [-0.2, -0.15) is 4.31 Å². The first-order valence-corrected chi connectivity index (χ1v) is 7.97. The van der Waals surface area contributed by atoms with Crippen molar-refractivity contribution in [3.05, 3.63) is 29.6 Å². The predicted octanol–water partition coefficient (Wildman–Crippen LogP) is 0.644. The fourth-order valence-electron chi connectivity index (χ4n) is 2.24. The molecule has 0 bridgehead atoms. The summed E-state index contributed by atoms with van der Waals surface area (Å²) in [5.41, 5.74) is -0.00184. The van der Waals surface area contributed by atoms with Crippen molar-refractivity contribution in [2.75, 3.05) is 33.2 Å². The molecular weight excluding hydrogens is 283 g/mol. The first-order valence-electron chi connectivity index (χ1n) is 6.53. The Morgan fingerprint density at radius 3 is 2.70 bits per heavy atom. The van der Waals surface area contributed by atoms with Gasteiger partial charge in [-0.1, -0.05) is 0 Å². The van der Waals surface area contributed by atoms with Crippen LogP contribution in [0.4, 0.5) is 4.39 Å². The Kier molecular flexibility index (Phi) is 4.74. The van der Waals surface area contributed by atoms with Crippen molar-refractivity contribution in [3.8, 4) is 0 Å². The molecule has 0 radical (unpaired) electrons. The number of halogens is 1. The summed E-state index contributed by atoms with van der Waals surface area (Å²) < 4.78 is 39.8. The molecule has 1 aromatic rings. The molecule has 0 unspecified atom stereocenters. The lowest BCUT2D eigenvalue weighted by molar-refractivity contribution is 0.275. The molecule has 1 aliphatic rings. The number of likely N-dealkylation sites (N-methyl/N-ethyl adjacent to an activating group) is 1. The van der Waals surface area contributed by atoms with Crippen LogP contribution in [0.15, 0.2) is 23.1 Å². The van der Waals surface area contributed by atoms with Crippen molar-refractivity contribution < 1.29 is 17.9 Å². The summed E-state index contributed by atoms with van der Waals surface area (Å²) in [4.78, 5) is 2.12. The maximum Gasteiger partial charge on any atom is 0.243 e. The summed E-state index contributed by atoms with van der Waals surface area (Å²) in [5.74, 6) is -0.595. The number of aliphatic hydroxyl groups is 1. The van der Waals surface area contributed by atoms with Gasteiger partial charge in [-0.3, -0.25) is 0 Å². The largest absolute Gasteiger partial charge is 0.392 e. The minimum atomic E-state index is -3.63. The van der Waals surface area contributed by atoms with Crippen LogP contribution in [0, 0.1) is 5.82 Å². The fourth-order valence-corrected chi connectivity index (χ4v) is 3.77. The molecule has 0 aliphatic carbocycles. The van der Waals surface area contributed by atoms with Crippen LogP contribution >= 0.6 is 0 Å². The van der Waals surface area contributed by atoms with Crippen molar-refractivity contribution in [1.29, 1.82) is 0 Å². The molecule has 0 saturated carbocycles. The second-order valence-corrected chi connectivity index (χ2v) is 6.91. The Morgan fingerprint density at radius 2 is 2.00 bits per heavy atom. The zero-order valence-corrected chi connectivity index (χ0v) is 12.2. The van der Waals surface area contributed by atoms with Crippen LogP contribution in [0.1, 0.15) is 12.0 Å². The highest BCUT2D eigenvalue weighted by atomic mass is 32.2. The number of aliphatic hydroxyl groups excluding tert-OH is 1. The fraction of sp³-hybridized carbons (Fsp3) is 0.538. The first kappa shape index (κ1) is 15.4. The summed E-state index contributed by atoms with van der Waals surface area (Å²) in [6.45, 7) is 1.89. The first-order chi connectivity index (χ1) is 9.45. The highest BCUT2D eigenvalue weighted by Crippen LogP contribution is 2.20. The SMILES string of the molecule is CN1CCCN(S(=O)(=O)c2ccc(F)c(CO)c2)CC1. The van der Waals surface area contributed by atoms with Crippen LogP contribution in [-0.2, 0) is 16.6 Å². The van der Waals surface area contributed by atoms with Crippen molar-refractivity contribution in [3.63, 3.8) is 0 Å². The van der Waals surface area contributed by atoms with Crippen LogP contribution in [-0.4, -0.2) is 56.0 Å². The van der Waals surface area contributed by atoms with Crippen molar-refractivity contribution in [1.82, 2.24) is 9.21 Å². The summed E-state index contributed by atoms with van der Waals surface area (Å²) in [6, 6.07) is 3.54. The Balaban J connectivity index is 2.29. The van der Waals surface area contributed by atoms with Crippen molar-refractivity contribution >= 4 is 10.0 Å². The second kappa shape index (κ2) is 6.17. The van der Waals surface area contributed by atoms with Crippen molar-refractivity contribution in [2.24, 2.45) is 0 Å². The molecule has 1 saturated heterocycles. The normalized spacial score (nSPS) is 18.9. The topological polar surface area (TPSA) is 60.9 Å². The molecule has 20 heavy (non-hydrogen) atoms. The molecule has 1 heterocycles. The lowest BCUT2D eigenvalue weighted by Crippen LogP contribution is -2.34. The van der Waals surface area contributed by atoms with Gasteiger partial charge in [0, 0.05) is 25.2 Å². The Morgan fingerprint density at radius 1 is 1.25 bits per heavy atom. The minimum absolute atomic E-state index is 0.00184. The maximum absolute atomic E-state index is 13.3. The zero-order chi connectivity index (χ0) is 14.8. The van der Waals surface area contributed by atoms with E-state index >= 15 is 0 Å². The van der Waals surface area contributed by atoms with Gasteiger partial charge in [0.2, 0.25) is 10.0 Å². The molecule has 5 nitrogen and oxygen atoms in total. The molecule has 2 rings (SSSR count). The van der Waals surface area contributed by atoms with Gasteiger partial charge in [-0.15, -0.1) is 0 Å². The van der Waals surface area contributed by atoms with E-state index in [1.54, 1.807) is 0 Å². The summed E-state index contributed by atoms with van der Waals surface area (Å²) >= 11 is 0. The lowest BCUT2D eigenvalue weighted by atomic mass is 10.2. The van der Waals surface area contributed by atoms with Gasteiger partial charge in [-0.05, 0) is 38.2 Å². The monoisotopic (exact) mass is 302 g/mol. The number of rotatable bonds is 3. The quantitative estimate of drug-likeness (QED) is 0.890. The van der Waals surface area contributed by atoms with Crippen LogP contribution in [0.2, 0.25) is 0 Å². The highest BCUT2D eigenvalue weighted by molar-refractivity contribution is 7.89.